The molecular weight excluding hydrogens is 260 g/mol. The molecule has 0 amide bonds. The first-order valence-electron chi connectivity index (χ1n) is 8.31. The molecule has 116 valence electrons. The minimum absolute atomic E-state index is 0.885. The van der Waals surface area contributed by atoms with Crippen molar-refractivity contribution in [3.8, 4) is 0 Å². The molecule has 2 aliphatic heterocycles. The molecule has 2 N–H and O–H groups in total. The van der Waals surface area contributed by atoms with E-state index in [1.54, 1.807) is 0 Å². The van der Waals surface area contributed by atoms with E-state index in [0.29, 0.717) is 0 Å². The Balaban J connectivity index is 1.47. The highest BCUT2D eigenvalue weighted by atomic mass is 15.2. The average Bonchev–Trinajstić information content (AvgIpc) is 2.57. The fourth-order valence-electron chi connectivity index (χ4n) is 3.47. The number of hydrogen-bond acceptors (Lipinski definition) is 4. The molecule has 0 radical (unpaired) electrons. The first kappa shape index (κ1) is 14.7. The monoisotopic (exact) mass is 288 g/mol. The third-order valence-corrected chi connectivity index (χ3v) is 4.86. The van der Waals surface area contributed by atoms with E-state index in [1.807, 2.05) is 7.05 Å². The molecule has 2 saturated heterocycles. The van der Waals surface area contributed by atoms with Crippen LogP contribution in [-0.4, -0.2) is 57.8 Å². The van der Waals surface area contributed by atoms with Gasteiger partial charge in [-0.2, -0.15) is 0 Å². The van der Waals surface area contributed by atoms with Crippen molar-refractivity contribution in [3.05, 3.63) is 24.3 Å². The largest absolute Gasteiger partial charge is 0.388 e. The van der Waals surface area contributed by atoms with Crippen molar-refractivity contribution < 1.29 is 0 Å². The summed E-state index contributed by atoms with van der Waals surface area (Å²) in [5.74, 6) is 0.885. The Morgan fingerprint density at radius 3 is 2.33 bits per heavy atom. The van der Waals surface area contributed by atoms with Gasteiger partial charge in [-0.25, -0.2) is 0 Å². The molecule has 1 aromatic rings. The van der Waals surface area contributed by atoms with Gasteiger partial charge < -0.3 is 20.4 Å². The summed E-state index contributed by atoms with van der Waals surface area (Å²) < 4.78 is 0. The van der Waals surface area contributed by atoms with Gasteiger partial charge in [0.2, 0.25) is 0 Å². The van der Waals surface area contributed by atoms with E-state index in [0.717, 1.165) is 19.0 Å². The molecule has 2 aliphatic rings. The Morgan fingerprint density at radius 2 is 1.71 bits per heavy atom. The van der Waals surface area contributed by atoms with Crippen LogP contribution >= 0.6 is 0 Å². The zero-order valence-corrected chi connectivity index (χ0v) is 13.1. The summed E-state index contributed by atoms with van der Waals surface area (Å²) in [4.78, 5) is 5.17. The molecule has 3 rings (SSSR count). The van der Waals surface area contributed by atoms with Gasteiger partial charge in [-0.15, -0.1) is 0 Å². The van der Waals surface area contributed by atoms with Crippen molar-refractivity contribution >= 4 is 11.4 Å². The second kappa shape index (κ2) is 7.14. The van der Waals surface area contributed by atoms with Crippen LogP contribution in [-0.2, 0) is 0 Å². The quantitative estimate of drug-likeness (QED) is 0.885. The molecule has 4 nitrogen and oxygen atoms in total. The van der Waals surface area contributed by atoms with E-state index in [-0.39, 0.29) is 0 Å². The maximum Gasteiger partial charge on any atom is 0.0367 e. The van der Waals surface area contributed by atoms with Gasteiger partial charge in [0, 0.05) is 64.2 Å². The van der Waals surface area contributed by atoms with Gasteiger partial charge in [0.25, 0.3) is 0 Å². The average molecular weight is 288 g/mol. The van der Waals surface area contributed by atoms with Crippen molar-refractivity contribution in [2.45, 2.75) is 12.8 Å². The van der Waals surface area contributed by atoms with E-state index in [9.17, 15) is 0 Å². The molecule has 0 unspecified atom stereocenters. The Hall–Kier alpha value is -1.26. The summed E-state index contributed by atoms with van der Waals surface area (Å²) in [5.41, 5.74) is 2.56. The maximum atomic E-state index is 3.43. The molecule has 0 aliphatic carbocycles. The standard InChI is InChI=1S/C17H28N4/c1-18-16-2-4-17(5-3-16)21-10-6-15(7-11-21)14-20-12-8-19-9-13-20/h2-5,15,18-19H,6-14H2,1H3. The fraction of sp³-hybridized carbons (Fsp3) is 0.647. The Kier molecular flexibility index (Phi) is 4.99. The first-order valence-corrected chi connectivity index (χ1v) is 8.31. The van der Waals surface area contributed by atoms with Crippen LogP contribution in [0.25, 0.3) is 0 Å². The lowest BCUT2D eigenvalue weighted by Gasteiger charge is -2.37. The van der Waals surface area contributed by atoms with Crippen LogP contribution < -0.4 is 15.5 Å². The van der Waals surface area contributed by atoms with E-state index in [4.69, 9.17) is 0 Å². The van der Waals surface area contributed by atoms with Gasteiger partial charge in [-0.05, 0) is 43.0 Å². The van der Waals surface area contributed by atoms with Gasteiger partial charge >= 0.3 is 0 Å². The van der Waals surface area contributed by atoms with Crippen LogP contribution in [0, 0.1) is 5.92 Å². The van der Waals surface area contributed by atoms with E-state index in [1.165, 1.54) is 56.9 Å². The minimum atomic E-state index is 0.885. The predicted molar refractivity (Wildman–Crippen MR) is 90.2 cm³/mol. The molecule has 0 saturated carbocycles. The minimum Gasteiger partial charge on any atom is -0.388 e. The normalized spacial score (nSPS) is 21.5. The van der Waals surface area contributed by atoms with Crippen molar-refractivity contribution in [2.24, 2.45) is 5.92 Å². The van der Waals surface area contributed by atoms with E-state index < -0.39 is 0 Å². The van der Waals surface area contributed by atoms with Crippen molar-refractivity contribution in [2.75, 3.05) is 63.1 Å². The highest BCUT2D eigenvalue weighted by Gasteiger charge is 2.22. The summed E-state index contributed by atoms with van der Waals surface area (Å²) in [6.07, 6.45) is 2.66. The van der Waals surface area contributed by atoms with E-state index in [2.05, 4.69) is 44.7 Å². The summed E-state index contributed by atoms with van der Waals surface area (Å²) in [5, 5.41) is 6.62. The summed E-state index contributed by atoms with van der Waals surface area (Å²) in [6.45, 7) is 8.49. The molecule has 0 bridgehead atoms. The lowest BCUT2D eigenvalue weighted by Crippen LogP contribution is -2.46. The van der Waals surface area contributed by atoms with Crippen LogP contribution in [0.3, 0.4) is 0 Å². The highest BCUT2D eigenvalue weighted by Crippen LogP contribution is 2.25. The van der Waals surface area contributed by atoms with E-state index >= 15 is 0 Å². The van der Waals surface area contributed by atoms with Gasteiger partial charge in [-0.1, -0.05) is 0 Å². The second-order valence-corrected chi connectivity index (χ2v) is 6.28. The first-order chi connectivity index (χ1) is 10.3. The van der Waals surface area contributed by atoms with Gasteiger partial charge in [0.05, 0.1) is 0 Å². The number of nitrogens with zero attached hydrogens (tertiary/aromatic N) is 2. The molecule has 2 heterocycles. The lowest BCUT2D eigenvalue weighted by atomic mass is 9.95. The molecule has 4 heteroatoms. The number of piperidine rings is 1. The number of rotatable bonds is 4. The summed E-state index contributed by atoms with van der Waals surface area (Å²) in [7, 11) is 1.97. The SMILES string of the molecule is CNc1ccc(N2CCC(CN3CCNCC3)CC2)cc1. The van der Waals surface area contributed by atoms with Crippen LogP contribution in [0.1, 0.15) is 12.8 Å². The predicted octanol–water partition coefficient (Wildman–Crippen LogP) is 1.85. The fourth-order valence-corrected chi connectivity index (χ4v) is 3.47. The maximum absolute atomic E-state index is 3.43. The number of anilines is 2. The number of hydrogen-bond donors (Lipinski definition) is 2. The number of nitrogens with one attached hydrogen (secondary N) is 2. The molecule has 1 aromatic carbocycles. The molecule has 2 fully saturated rings. The topological polar surface area (TPSA) is 30.5 Å². The molecular formula is C17H28N4. The van der Waals surface area contributed by atoms with Crippen LogP contribution in [0.5, 0.6) is 0 Å². The van der Waals surface area contributed by atoms with Crippen LogP contribution in [0.2, 0.25) is 0 Å². The third-order valence-electron chi connectivity index (χ3n) is 4.86. The van der Waals surface area contributed by atoms with Crippen LogP contribution in [0.4, 0.5) is 11.4 Å². The zero-order valence-electron chi connectivity index (χ0n) is 13.1. The summed E-state index contributed by atoms with van der Waals surface area (Å²) >= 11 is 0. The lowest BCUT2D eigenvalue weighted by molar-refractivity contribution is 0.190. The van der Waals surface area contributed by atoms with Gasteiger partial charge in [0.1, 0.15) is 0 Å². The smallest absolute Gasteiger partial charge is 0.0367 e. The Bertz CT molecular complexity index is 417. The second-order valence-electron chi connectivity index (χ2n) is 6.28. The third kappa shape index (κ3) is 3.89. The van der Waals surface area contributed by atoms with Crippen LogP contribution in [0.15, 0.2) is 24.3 Å². The molecule has 0 aromatic heterocycles. The molecule has 0 atom stereocenters. The summed E-state index contributed by atoms with van der Waals surface area (Å²) in [6, 6.07) is 8.81. The van der Waals surface area contributed by atoms with Crippen molar-refractivity contribution in [1.82, 2.24) is 10.2 Å². The molecule has 21 heavy (non-hydrogen) atoms. The number of piperazine rings is 1. The van der Waals surface area contributed by atoms with Crippen molar-refractivity contribution in [3.63, 3.8) is 0 Å². The molecule has 0 spiro atoms. The Labute approximate surface area is 128 Å². The van der Waals surface area contributed by atoms with Gasteiger partial charge in [0.15, 0.2) is 0 Å². The zero-order chi connectivity index (χ0) is 14.5. The highest BCUT2D eigenvalue weighted by molar-refractivity contribution is 5.55. The van der Waals surface area contributed by atoms with Gasteiger partial charge in [-0.3, -0.25) is 0 Å². The number of benzene rings is 1. The Morgan fingerprint density at radius 1 is 1.05 bits per heavy atom. The van der Waals surface area contributed by atoms with Crippen molar-refractivity contribution in [1.29, 1.82) is 0 Å².